The van der Waals surface area contributed by atoms with Gasteiger partial charge in [0, 0.05) is 0 Å². The molecule has 0 saturated heterocycles. The fourth-order valence-electron chi connectivity index (χ4n) is 3.10. The summed E-state index contributed by atoms with van der Waals surface area (Å²) in [5.41, 5.74) is 1.20. The lowest BCUT2D eigenvalue weighted by atomic mass is 9.81. The molecule has 1 aliphatic rings. The Labute approximate surface area is 156 Å². The normalized spacial score (nSPS) is 22.2. The van der Waals surface area contributed by atoms with Crippen LogP contribution in [0.25, 0.3) is 0 Å². The second-order valence-corrected chi connectivity index (χ2v) is 7.63. The largest absolute Gasteiger partial charge is 0.500 e. The van der Waals surface area contributed by atoms with E-state index in [4.69, 9.17) is 18.9 Å². The van der Waals surface area contributed by atoms with E-state index in [1.165, 1.54) is 14.2 Å². The molecule has 0 bridgehead atoms. The van der Waals surface area contributed by atoms with Gasteiger partial charge in [0.2, 0.25) is 5.75 Å². The fraction of sp³-hybridized carbons (Fsp3) is 0.421. The number of carbonyl (C=O) groups excluding carboxylic acids is 1. The Kier molecular flexibility index (Phi) is 5.83. The highest BCUT2D eigenvalue weighted by molar-refractivity contribution is 9.10. The Bertz CT molecular complexity index is 734. The predicted octanol–water partition coefficient (Wildman–Crippen LogP) is 4.07. The first-order valence-electron chi connectivity index (χ1n) is 7.78. The highest BCUT2D eigenvalue weighted by atomic mass is 79.9. The Hall–Kier alpha value is -1.95. The van der Waals surface area contributed by atoms with E-state index in [1.807, 2.05) is 26.0 Å². The third kappa shape index (κ3) is 3.40. The van der Waals surface area contributed by atoms with Crippen molar-refractivity contribution >= 4 is 21.7 Å². The van der Waals surface area contributed by atoms with E-state index < -0.39 is 10.2 Å². The zero-order valence-electron chi connectivity index (χ0n) is 15.3. The van der Waals surface area contributed by atoms with Crippen molar-refractivity contribution in [3.05, 3.63) is 41.2 Å². The van der Waals surface area contributed by atoms with Crippen LogP contribution >= 0.6 is 15.9 Å². The van der Waals surface area contributed by atoms with Crippen LogP contribution in [0, 0.1) is 12.8 Å². The summed E-state index contributed by atoms with van der Waals surface area (Å²) in [5, 5.41) is 0. The zero-order chi connectivity index (χ0) is 18.8. The number of Topliss-reactive ketones (excluding diaryl/α,β-unsaturated/α-hetero) is 1. The number of carbonyl (C=O) groups is 1. The molecule has 0 saturated carbocycles. The molecule has 1 aromatic rings. The van der Waals surface area contributed by atoms with Crippen molar-refractivity contribution in [3.8, 4) is 17.2 Å². The van der Waals surface area contributed by atoms with E-state index in [1.54, 1.807) is 26.4 Å². The van der Waals surface area contributed by atoms with E-state index in [-0.39, 0.29) is 5.78 Å². The quantitative estimate of drug-likeness (QED) is 0.522. The van der Waals surface area contributed by atoms with E-state index in [2.05, 4.69) is 15.9 Å². The molecule has 2 rings (SSSR count). The average Bonchev–Trinajstić information content (AvgIpc) is 2.58. The van der Waals surface area contributed by atoms with Crippen molar-refractivity contribution in [2.45, 2.75) is 18.2 Å². The maximum Gasteiger partial charge on any atom is 0.204 e. The molecule has 2 atom stereocenters. The number of halogens is 1. The van der Waals surface area contributed by atoms with E-state index in [9.17, 15) is 4.79 Å². The second-order valence-electron chi connectivity index (χ2n) is 5.92. The van der Waals surface area contributed by atoms with Gasteiger partial charge >= 0.3 is 0 Å². The summed E-state index contributed by atoms with van der Waals surface area (Å²) in [6, 6.07) is 1.77. The maximum atomic E-state index is 13.5. The van der Waals surface area contributed by atoms with Crippen LogP contribution in [0.4, 0.5) is 0 Å². The van der Waals surface area contributed by atoms with Gasteiger partial charge in [-0.25, -0.2) is 0 Å². The molecule has 6 heteroatoms. The molecule has 0 heterocycles. The van der Waals surface area contributed by atoms with Gasteiger partial charge in [0.25, 0.3) is 0 Å². The first-order chi connectivity index (χ1) is 11.8. The van der Waals surface area contributed by atoms with Gasteiger partial charge < -0.3 is 18.9 Å². The summed E-state index contributed by atoms with van der Waals surface area (Å²) < 4.78 is 21.2. The highest BCUT2D eigenvalue weighted by Crippen LogP contribution is 2.46. The number of methoxy groups -OCH3 is 4. The Morgan fingerprint density at radius 1 is 1.08 bits per heavy atom. The predicted molar refractivity (Wildman–Crippen MR) is 100 cm³/mol. The number of hydrogen-bond donors (Lipinski definition) is 0. The number of allylic oxidation sites excluding steroid dienone is 4. The van der Waals surface area contributed by atoms with Crippen LogP contribution < -0.4 is 14.2 Å². The summed E-state index contributed by atoms with van der Waals surface area (Å²) in [6.45, 7) is 3.78. The van der Waals surface area contributed by atoms with Gasteiger partial charge in [-0.05, 0) is 31.6 Å². The monoisotopic (exact) mass is 410 g/mol. The molecular weight excluding hydrogens is 388 g/mol. The summed E-state index contributed by atoms with van der Waals surface area (Å²) in [6.07, 6.45) is 5.60. The van der Waals surface area contributed by atoms with Crippen molar-refractivity contribution < 1.29 is 23.7 Å². The molecule has 1 aromatic carbocycles. The number of alkyl halides is 1. The van der Waals surface area contributed by atoms with E-state index in [0.29, 0.717) is 28.6 Å². The van der Waals surface area contributed by atoms with Crippen molar-refractivity contribution in [1.29, 1.82) is 0 Å². The van der Waals surface area contributed by atoms with Gasteiger partial charge in [-0.15, -0.1) is 0 Å². The third-order valence-electron chi connectivity index (χ3n) is 4.30. The third-order valence-corrected chi connectivity index (χ3v) is 5.03. The molecule has 1 aliphatic carbocycles. The van der Waals surface area contributed by atoms with Crippen LogP contribution in [0.15, 0.2) is 30.1 Å². The van der Waals surface area contributed by atoms with Gasteiger partial charge in [0.15, 0.2) is 17.3 Å². The SMILES string of the molecule is COC1=CC=CC(C)(Br)C1C(=O)c1c(C)cc(OC)c(OC)c1OC. The molecule has 0 N–H and O–H groups in total. The van der Waals surface area contributed by atoms with Gasteiger partial charge in [-0.3, -0.25) is 4.79 Å². The zero-order valence-corrected chi connectivity index (χ0v) is 16.9. The number of ketones is 1. The second kappa shape index (κ2) is 7.52. The van der Waals surface area contributed by atoms with Crippen LogP contribution in [-0.4, -0.2) is 38.5 Å². The summed E-state index contributed by atoms with van der Waals surface area (Å²) in [4.78, 5) is 13.5. The summed E-state index contributed by atoms with van der Waals surface area (Å²) in [7, 11) is 6.13. The molecule has 5 nitrogen and oxygen atoms in total. The maximum absolute atomic E-state index is 13.5. The minimum absolute atomic E-state index is 0.118. The molecule has 136 valence electrons. The molecule has 0 radical (unpaired) electrons. The number of rotatable bonds is 6. The lowest BCUT2D eigenvalue weighted by molar-refractivity contribution is 0.0877. The van der Waals surface area contributed by atoms with Gasteiger partial charge in [0.05, 0.1) is 44.2 Å². The molecule has 2 unspecified atom stereocenters. The van der Waals surface area contributed by atoms with Gasteiger partial charge in [-0.1, -0.05) is 28.1 Å². The standard InChI is InChI=1S/C19H23BrO5/c1-11-10-13(23-4)17(24-5)18(25-6)14(11)16(21)15-12(22-3)8-7-9-19(15,2)20/h7-10,15H,1-6H3. The van der Waals surface area contributed by atoms with Crippen molar-refractivity contribution in [2.75, 3.05) is 28.4 Å². The van der Waals surface area contributed by atoms with Crippen molar-refractivity contribution in [3.63, 3.8) is 0 Å². The van der Waals surface area contributed by atoms with E-state index in [0.717, 1.165) is 5.56 Å². The molecular formula is C19H23BrO5. The topological polar surface area (TPSA) is 54.0 Å². The Morgan fingerprint density at radius 2 is 1.72 bits per heavy atom. The number of hydrogen-bond acceptors (Lipinski definition) is 5. The fourth-order valence-corrected chi connectivity index (χ4v) is 3.69. The van der Waals surface area contributed by atoms with Gasteiger partial charge in [0.1, 0.15) is 5.76 Å². The van der Waals surface area contributed by atoms with Crippen LogP contribution in [0.5, 0.6) is 17.2 Å². The summed E-state index contributed by atoms with van der Waals surface area (Å²) in [5.74, 6) is 1.20. The lowest BCUT2D eigenvalue weighted by Gasteiger charge is -2.33. The smallest absolute Gasteiger partial charge is 0.204 e. The van der Waals surface area contributed by atoms with Crippen molar-refractivity contribution in [2.24, 2.45) is 5.92 Å². The molecule has 0 spiro atoms. The van der Waals surface area contributed by atoms with Crippen LogP contribution in [0.3, 0.4) is 0 Å². The van der Waals surface area contributed by atoms with Crippen molar-refractivity contribution in [1.82, 2.24) is 0 Å². The molecule has 0 aliphatic heterocycles. The highest BCUT2D eigenvalue weighted by Gasteiger charge is 2.42. The van der Waals surface area contributed by atoms with Crippen LogP contribution in [0.1, 0.15) is 22.8 Å². The minimum Gasteiger partial charge on any atom is -0.500 e. The van der Waals surface area contributed by atoms with Gasteiger partial charge in [-0.2, -0.15) is 0 Å². The lowest BCUT2D eigenvalue weighted by Crippen LogP contribution is -2.37. The first-order valence-corrected chi connectivity index (χ1v) is 8.57. The summed E-state index contributed by atoms with van der Waals surface area (Å²) >= 11 is 3.65. The first kappa shape index (κ1) is 19.4. The van der Waals surface area contributed by atoms with E-state index >= 15 is 0 Å². The Balaban J connectivity index is 2.67. The number of benzene rings is 1. The minimum atomic E-state index is -0.575. The molecule has 25 heavy (non-hydrogen) atoms. The molecule has 0 amide bonds. The molecule has 0 fully saturated rings. The Morgan fingerprint density at radius 3 is 2.24 bits per heavy atom. The van der Waals surface area contributed by atoms with Crippen LogP contribution in [-0.2, 0) is 4.74 Å². The average molecular weight is 411 g/mol. The number of ether oxygens (including phenoxy) is 4. The van der Waals surface area contributed by atoms with Crippen LogP contribution in [0.2, 0.25) is 0 Å². The molecule has 0 aromatic heterocycles. The number of aryl methyl sites for hydroxylation is 1.